The molecule has 1 aliphatic heterocycles. The van der Waals surface area contributed by atoms with Gasteiger partial charge >= 0.3 is 0 Å². The monoisotopic (exact) mass is 319 g/mol. The van der Waals surface area contributed by atoms with Gasteiger partial charge in [-0.15, -0.1) is 0 Å². The number of nitrogens with zero attached hydrogens (tertiary/aromatic N) is 1. The fourth-order valence-electron chi connectivity index (χ4n) is 1.92. The molecule has 6 nitrogen and oxygen atoms in total. The first-order valence-electron chi connectivity index (χ1n) is 6.97. The molecule has 7 heteroatoms. The Morgan fingerprint density at radius 3 is 2.68 bits per heavy atom. The van der Waals surface area contributed by atoms with Crippen molar-refractivity contribution in [1.29, 1.82) is 0 Å². The minimum atomic E-state index is -0.712. The van der Waals surface area contributed by atoms with Crippen molar-refractivity contribution in [3.05, 3.63) is 35.9 Å². The first kappa shape index (κ1) is 16.2. The normalized spacial score (nSPS) is 17.7. The van der Waals surface area contributed by atoms with Gasteiger partial charge in [-0.05, 0) is 12.0 Å². The van der Waals surface area contributed by atoms with Crippen LogP contribution in [-0.2, 0) is 20.9 Å². The molecule has 1 heterocycles. The molecule has 3 amide bonds. The van der Waals surface area contributed by atoms with Crippen LogP contribution in [0.15, 0.2) is 35.3 Å². The maximum atomic E-state index is 11.8. The van der Waals surface area contributed by atoms with Crippen molar-refractivity contribution in [2.75, 3.05) is 5.75 Å². The second-order valence-corrected chi connectivity index (χ2v) is 5.72. The molecule has 0 fully saturated rings. The zero-order chi connectivity index (χ0) is 15.9. The van der Waals surface area contributed by atoms with Crippen molar-refractivity contribution in [3.8, 4) is 0 Å². The molecule has 1 aliphatic rings. The van der Waals surface area contributed by atoms with E-state index in [1.54, 1.807) is 6.92 Å². The number of aliphatic imine (C=N–C) groups is 1. The molecule has 0 bridgehead atoms. The Morgan fingerprint density at radius 1 is 1.32 bits per heavy atom. The number of benzene rings is 1. The molecule has 1 aromatic carbocycles. The summed E-state index contributed by atoms with van der Waals surface area (Å²) in [4.78, 5) is 38.9. The summed E-state index contributed by atoms with van der Waals surface area (Å²) in [6.45, 7) is 2.20. The summed E-state index contributed by atoms with van der Waals surface area (Å²) >= 11 is 1.05. The minimum absolute atomic E-state index is 0.0933. The standard InChI is InChI=1S/C15H17N3O3S/c1-2-11-13(20)17-15(18-14(11)21)22-9-12(19)16-8-10-6-4-3-5-7-10/h3-7,11H,2,8-9H2,1H3,(H,16,19)(H,17,18,20,21). The highest BCUT2D eigenvalue weighted by atomic mass is 32.2. The van der Waals surface area contributed by atoms with Crippen LogP contribution in [0.2, 0.25) is 0 Å². The minimum Gasteiger partial charge on any atom is -0.351 e. The van der Waals surface area contributed by atoms with Crippen molar-refractivity contribution in [2.24, 2.45) is 10.9 Å². The van der Waals surface area contributed by atoms with E-state index in [1.807, 2.05) is 30.3 Å². The van der Waals surface area contributed by atoms with Gasteiger partial charge in [-0.3, -0.25) is 14.4 Å². The van der Waals surface area contributed by atoms with Crippen LogP contribution >= 0.6 is 11.8 Å². The summed E-state index contributed by atoms with van der Waals surface area (Å²) in [6, 6.07) is 9.55. The third-order valence-electron chi connectivity index (χ3n) is 3.14. The van der Waals surface area contributed by atoms with E-state index in [9.17, 15) is 14.4 Å². The first-order valence-corrected chi connectivity index (χ1v) is 7.95. The maximum Gasteiger partial charge on any atom is 0.260 e. The van der Waals surface area contributed by atoms with Gasteiger partial charge in [0.2, 0.25) is 11.8 Å². The van der Waals surface area contributed by atoms with Crippen LogP contribution in [0.5, 0.6) is 0 Å². The average molecular weight is 319 g/mol. The molecule has 0 spiro atoms. The molecule has 0 radical (unpaired) electrons. The van der Waals surface area contributed by atoms with E-state index in [2.05, 4.69) is 15.6 Å². The van der Waals surface area contributed by atoms with Crippen molar-refractivity contribution in [3.63, 3.8) is 0 Å². The number of hydrogen-bond donors (Lipinski definition) is 2. The summed E-state index contributed by atoms with van der Waals surface area (Å²) in [5, 5.41) is 5.51. The molecule has 116 valence electrons. The predicted octanol–water partition coefficient (Wildman–Crippen LogP) is 1.07. The first-order chi connectivity index (χ1) is 10.6. The Hall–Kier alpha value is -2.15. The van der Waals surface area contributed by atoms with Gasteiger partial charge in [0.25, 0.3) is 5.91 Å². The molecule has 2 N–H and O–H groups in total. The molecular weight excluding hydrogens is 302 g/mol. The Labute approximate surface area is 132 Å². The molecule has 0 saturated heterocycles. The van der Waals surface area contributed by atoms with Crippen LogP contribution in [0.3, 0.4) is 0 Å². The summed E-state index contributed by atoms with van der Waals surface area (Å²) in [7, 11) is 0. The summed E-state index contributed by atoms with van der Waals surface area (Å²) in [5.74, 6) is -1.60. The Bertz CT molecular complexity index is 601. The summed E-state index contributed by atoms with van der Waals surface area (Å²) in [5.41, 5.74) is 1.00. The molecular formula is C15H17N3O3S. The number of thioether (sulfide) groups is 1. The zero-order valence-corrected chi connectivity index (χ0v) is 13.0. The van der Waals surface area contributed by atoms with Crippen molar-refractivity contribution < 1.29 is 14.4 Å². The average Bonchev–Trinajstić information content (AvgIpc) is 2.52. The number of nitrogens with one attached hydrogen (secondary N) is 2. The van der Waals surface area contributed by atoms with Crippen LogP contribution in [0.1, 0.15) is 18.9 Å². The molecule has 22 heavy (non-hydrogen) atoms. The lowest BCUT2D eigenvalue weighted by Crippen LogP contribution is -2.43. The number of carbonyl (C=O) groups is 3. The second-order valence-electron chi connectivity index (χ2n) is 4.76. The number of hydrogen-bond acceptors (Lipinski definition) is 4. The van der Waals surface area contributed by atoms with Gasteiger partial charge in [0, 0.05) is 6.54 Å². The smallest absolute Gasteiger partial charge is 0.260 e. The van der Waals surface area contributed by atoms with E-state index in [-0.39, 0.29) is 22.7 Å². The zero-order valence-electron chi connectivity index (χ0n) is 12.2. The fraction of sp³-hybridized carbons (Fsp3) is 0.333. The van der Waals surface area contributed by atoms with Crippen LogP contribution in [0.4, 0.5) is 0 Å². The lowest BCUT2D eigenvalue weighted by Gasteiger charge is -2.18. The van der Waals surface area contributed by atoms with E-state index in [0.29, 0.717) is 13.0 Å². The molecule has 0 aliphatic carbocycles. The SMILES string of the molecule is CC[C@@H]1C(=O)N=C(SCC(=O)NCc2ccccc2)NC1=O. The van der Waals surface area contributed by atoms with Gasteiger partial charge in [-0.1, -0.05) is 49.0 Å². The molecule has 0 saturated carbocycles. The summed E-state index contributed by atoms with van der Waals surface area (Å²) in [6.07, 6.45) is 0.420. The topological polar surface area (TPSA) is 87.6 Å². The second kappa shape index (κ2) is 7.74. The van der Waals surface area contributed by atoms with Gasteiger partial charge in [0.15, 0.2) is 5.17 Å². The lowest BCUT2D eigenvalue weighted by molar-refractivity contribution is -0.133. The molecule has 2 rings (SSSR count). The van der Waals surface area contributed by atoms with E-state index in [4.69, 9.17) is 0 Å². The Morgan fingerprint density at radius 2 is 2.05 bits per heavy atom. The molecule has 0 aromatic heterocycles. The number of amides is 3. The third-order valence-corrected chi connectivity index (χ3v) is 4.01. The lowest BCUT2D eigenvalue weighted by atomic mass is 10.0. The molecule has 0 unspecified atom stereocenters. The number of amidine groups is 1. The van der Waals surface area contributed by atoms with Crippen molar-refractivity contribution in [2.45, 2.75) is 19.9 Å². The van der Waals surface area contributed by atoms with E-state index in [1.165, 1.54) is 0 Å². The van der Waals surface area contributed by atoms with E-state index in [0.717, 1.165) is 17.3 Å². The Kier molecular flexibility index (Phi) is 5.71. The van der Waals surface area contributed by atoms with E-state index >= 15 is 0 Å². The predicted molar refractivity (Wildman–Crippen MR) is 85.1 cm³/mol. The van der Waals surface area contributed by atoms with Crippen LogP contribution in [0.25, 0.3) is 0 Å². The Balaban J connectivity index is 1.79. The largest absolute Gasteiger partial charge is 0.351 e. The van der Waals surface area contributed by atoms with Gasteiger partial charge in [-0.25, -0.2) is 0 Å². The number of rotatable bonds is 5. The van der Waals surface area contributed by atoms with Crippen LogP contribution < -0.4 is 10.6 Å². The highest BCUT2D eigenvalue weighted by Gasteiger charge is 2.30. The quantitative estimate of drug-likeness (QED) is 0.795. The van der Waals surface area contributed by atoms with Crippen molar-refractivity contribution in [1.82, 2.24) is 10.6 Å². The number of carbonyl (C=O) groups excluding carboxylic acids is 3. The van der Waals surface area contributed by atoms with Gasteiger partial charge in [0.05, 0.1) is 5.75 Å². The van der Waals surface area contributed by atoms with Gasteiger partial charge in [0.1, 0.15) is 5.92 Å². The highest BCUT2D eigenvalue weighted by Crippen LogP contribution is 2.14. The maximum absolute atomic E-state index is 11.8. The summed E-state index contributed by atoms with van der Waals surface area (Å²) < 4.78 is 0. The third kappa shape index (κ3) is 4.42. The fourth-order valence-corrected chi connectivity index (χ4v) is 2.62. The van der Waals surface area contributed by atoms with Crippen LogP contribution in [-0.4, -0.2) is 28.6 Å². The van der Waals surface area contributed by atoms with Gasteiger partial charge < -0.3 is 10.6 Å². The molecule has 1 atom stereocenters. The highest BCUT2D eigenvalue weighted by molar-refractivity contribution is 8.14. The van der Waals surface area contributed by atoms with Crippen molar-refractivity contribution >= 4 is 34.7 Å². The van der Waals surface area contributed by atoms with E-state index < -0.39 is 11.8 Å². The van der Waals surface area contributed by atoms with Crippen LogP contribution in [0, 0.1) is 5.92 Å². The molecule has 1 aromatic rings. The van der Waals surface area contributed by atoms with Gasteiger partial charge in [-0.2, -0.15) is 4.99 Å².